The molecule has 0 aliphatic heterocycles. The third-order valence-corrected chi connectivity index (χ3v) is 7.45. The maximum atomic E-state index is 13.8. The second-order valence-corrected chi connectivity index (χ2v) is 9.68. The lowest BCUT2D eigenvalue weighted by Crippen LogP contribution is -2.15. The van der Waals surface area contributed by atoms with E-state index < -0.39 is 0 Å². The number of nitrogen functional groups attached to an aromatic ring is 2. The van der Waals surface area contributed by atoms with Crippen molar-refractivity contribution in [3.05, 3.63) is 84.2 Å². The van der Waals surface area contributed by atoms with Gasteiger partial charge < -0.3 is 15.2 Å². The molecule has 0 saturated carbocycles. The summed E-state index contributed by atoms with van der Waals surface area (Å²) in [5.41, 5.74) is 18.3. The summed E-state index contributed by atoms with van der Waals surface area (Å²) in [6.45, 7) is 0. The number of rotatable bonds is 4. The van der Waals surface area contributed by atoms with Crippen LogP contribution < -0.4 is 26.3 Å². The highest BCUT2D eigenvalue weighted by molar-refractivity contribution is 7.25. The Hall–Kier alpha value is -4.43. The molecule has 172 valence electrons. The zero-order valence-electron chi connectivity index (χ0n) is 19.3. The van der Waals surface area contributed by atoms with E-state index in [0.29, 0.717) is 28.1 Å². The number of benzene rings is 2. The maximum Gasteiger partial charge on any atom is 0.282 e. The van der Waals surface area contributed by atoms with Gasteiger partial charge in [0.15, 0.2) is 11.7 Å². The SMILES string of the molecule is CN(C)c1cc[nH+]c2sc3c([nH+]c(N)c4c(N)c(C(=O)c5ccccc5)n(-c5ccccc5)c43)c12. The van der Waals surface area contributed by atoms with Crippen molar-refractivity contribution < 1.29 is 14.8 Å². The molecule has 0 bridgehead atoms. The molecule has 0 aliphatic carbocycles. The van der Waals surface area contributed by atoms with E-state index in [4.69, 9.17) is 11.5 Å². The molecule has 0 atom stereocenters. The third-order valence-electron chi connectivity index (χ3n) is 6.32. The van der Waals surface area contributed by atoms with Crippen LogP contribution in [0.1, 0.15) is 16.1 Å². The lowest BCUT2D eigenvalue weighted by atomic mass is 10.1. The van der Waals surface area contributed by atoms with Crippen LogP contribution in [0.15, 0.2) is 72.9 Å². The van der Waals surface area contributed by atoms with Gasteiger partial charge in [-0.15, -0.1) is 0 Å². The van der Waals surface area contributed by atoms with Gasteiger partial charge in [-0.25, -0.2) is 9.97 Å². The summed E-state index contributed by atoms with van der Waals surface area (Å²) in [7, 11) is 4.03. The van der Waals surface area contributed by atoms with Crippen LogP contribution in [0.3, 0.4) is 0 Å². The first kappa shape index (κ1) is 21.1. The molecule has 0 fully saturated rings. The first-order chi connectivity index (χ1) is 17.0. The zero-order chi connectivity index (χ0) is 24.3. The van der Waals surface area contributed by atoms with Crippen molar-refractivity contribution in [3.8, 4) is 5.69 Å². The Bertz CT molecular complexity index is 1750. The van der Waals surface area contributed by atoms with Crippen LogP contribution in [-0.2, 0) is 0 Å². The smallest absolute Gasteiger partial charge is 0.282 e. The predicted octanol–water partition coefficient (Wildman–Crippen LogP) is 4.09. The standard InChI is InChI=1S/C27H22N6OS/c1-32(2)17-13-14-30-27-18(17)21-25(35-27)22-19(26(29)31-21)20(28)23(24(34)15-9-5-3-6-10-15)33(22)16-11-7-4-8-12-16/h3-14H,28H2,1-2H3,(H2,29,31)/p+2. The molecule has 2 aromatic carbocycles. The van der Waals surface area contributed by atoms with Gasteiger partial charge in [0.05, 0.1) is 16.9 Å². The quantitative estimate of drug-likeness (QED) is 0.371. The number of aromatic amines is 2. The molecule has 6 aromatic rings. The van der Waals surface area contributed by atoms with Crippen LogP contribution in [0.5, 0.6) is 0 Å². The second-order valence-electron chi connectivity index (χ2n) is 8.66. The lowest BCUT2D eigenvalue weighted by Gasteiger charge is -2.12. The molecule has 0 amide bonds. The summed E-state index contributed by atoms with van der Waals surface area (Å²) in [6.07, 6.45) is 1.93. The molecule has 4 aromatic heterocycles. The Morgan fingerprint density at radius 1 is 0.943 bits per heavy atom. The van der Waals surface area contributed by atoms with Gasteiger partial charge >= 0.3 is 0 Å². The fraction of sp³-hybridized carbons (Fsp3) is 0.0741. The number of para-hydroxylation sites is 1. The van der Waals surface area contributed by atoms with E-state index >= 15 is 0 Å². The Labute approximate surface area is 205 Å². The number of H-pyrrole nitrogens is 2. The molecule has 35 heavy (non-hydrogen) atoms. The molecule has 6 rings (SSSR count). The fourth-order valence-electron chi connectivity index (χ4n) is 4.78. The third kappa shape index (κ3) is 3.07. The summed E-state index contributed by atoms with van der Waals surface area (Å²) in [5, 5.41) is 1.69. The van der Waals surface area contributed by atoms with E-state index in [0.717, 1.165) is 37.3 Å². The number of thiophene rings is 1. The number of nitrogens with one attached hydrogen (secondary N) is 2. The molecule has 7 nitrogen and oxygen atoms in total. The van der Waals surface area contributed by atoms with Gasteiger partial charge in [-0.05, 0) is 12.1 Å². The minimum absolute atomic E-state index is 0.155. The van der Waals surface area contributed by atoms with Gasteiger partial charge in [0, 0.05) is 31.4 Å². The first-order valence-electron chi connectivity index (χ1n) is 11.2. The summed E-state index contributed by atoms with van der Waals surface area (Å²) >= 11 is 1.61. The van der Waals surface area contributed by atoms with Crippen LogP contribution in [0, 0.1) is 0 Å². The highest BCUT2D eigenvalue weighted by Crippen LogP contribution is 2.44. The van der Waals surface area contributed by atoms with Crippen molar-refractivity contribution in [2.75, 3.05) is 30.5 Å². The number of hydrogen-bond acceptors (Lipinski definition) is 5. The van der Waals surface area contributed by atoms with E-state index in [1.807, 2.05) is 79.5 Å². The van der Waals surface area contributed by atoms with Gasteiger partial charge in [0.2, 0.25) is 5.78 Å². The molecule has 6 N–H and O–H groups in total. The highest BCUT2D eigenvalue weighted by Gasteiger charge is 2.31. The molecule has 8 heteroatoms. The summed E-state index contributed by atoms with van der Waals surface area (Å²) in [6, 6.07) is 21.0. The molecule has 0 aliphatic rings. The van der Waals surface area contributed by atoms with Crippen molar-refractivity contribution in [2.24, 2.45) is 0 Å². The van der Waals surface area contributed by atoms with Crippen LogP contribution in [0.4, 0.5) is 17.2 Å². The van der Waals surface area contributed by atoms with Crippen LogP contribution in [0.25, 0.3) is 37.0 Å². The van der Waals surface area contributed by atoms with Crippen molar-refractivity contribution in [3.63, 3.8) is 0 Å². The van der Waals surface area contributed by atoms with E-state index in [1.165, 1.54) is 0 Å². The van der Waals surface area contributed by atoms with Gasteiger partial charge in [-0.1, -0.05) is 59.9 Å². The van der Waals surface area contributed by atoms with Crippen LogP contribution >= 0.6 is 11.3 Å². The van der Waals surface area contributed by atoms with Crippen LogP contribution in [0.2, 0.25) is 0 Å². The Balaban J connectivity index is 1.82. The number of nitrogens with two attached hydrogens (primary N) is 2. The van der Waals surface area contributed by atoms with Crippen LogP contribution in [-0.4, -0.2) is 24.4 Å². The lowest BCUT2D eigenvalue weighted by molar-refractivity contribution is -0.342. The molecule has 0 spiro atoms. The average molecular weight is 481 g/mol. The normalized spacial score (nSPS) is 11.5. The van der Waals surface area contributed by atoms with Crippen molar-refractivity contribution >= 4 is 65.6 Å². The van der Waals surface area contributed by atoms with Gasteiger partial charge in [-0.3, -0.25) is 10.5 Å². The van der Waals surface area contributed by atoms with E-state index in [-0.39, 0.29) is 5.78 Å². The molecule has 0 saturated heterocycles. The fourth-order valence-corrected chi connectivity index (χ4v) is 5.96. The van der Waals surface area contributed by atoms with Crippen molar-refractivity contribution in [1.82, 2.24) is 4.57 Å². The summed E-state index contributed by atoms with van der Waals surface area (Å²) in [5.74, 6) is 0.271. The molecular weight excluding hydrogens is 456 g/mol. The number of fused-ring (bicyclic) bond motifs is 5. The molecule has 0 unspecified atom stereocenters. The van der Waals surface area contributed by atoms with E-state index in [1.54, 1.807) is 23.5 Å². The van der Waals surface area contributed by atoms with Gasteiger partial charge in [-0.2, -0.15) is 0 Å². The van der Waals surface area contributed by atoms with Gasteiger partial charge in [0.25, 0.3) is 10.6 Å². The van der Waals surface area contributed by atoms with Gasteiger partial charge in [0.1, 0.15) is 21.2 Å². The van der Waals surface area contributed by atoms with E-state index in [2.05, 4.69) is 14.9 Å². The first-order valence-corrected chi connectivity index (χ1v) is 12.0. The number of anilines is 3. The minimum Gasteiger partial charge on any atom is -0.396 e. The molecule has 4 heterocycles. The highest BCUT2D eigenvalue weighted by atomic mass is 32.1. The summed E-state index contributed by atoms with van der Waals surface area (Å²) in [4.78, 5) is 23.7. The largest absolute Gasteiger partial charge is 0.396 e. The number of ketones is 1. The molecule has 0 radical (unpaired) electrons. The van der Waals surface area contributed by atoms with Crippen molar-refractivity contribution in [2.45, 2.75) is 0 Å². The number of pyridine rings is 2. The Kier molecular flexibility index (Phi) is 4.72. The average Bonchev–Trinajstić information content (AvgIpc) is 3.40. The molecular formula is C27H24N6OS+2. The zero-order valence-corrected chi connectivity index (χ0v) is 20.1. The number of aromatic nitrogens is 3. The maximum absolute atomic E-state index is 13.8. The summed E-state index contributed by atoms with van der Waals surface area (Å²) < 4.78 is 2.93. The number of hydrogen-bond donors (Lipinski definition) is 2. The van der Waals surface area contributed by atoms with E-state index in [9.17, 15) is 4.79 Å². The van der Waals surface area contributed by atoms with Crippen molar-refractivity contribution in [1.29, 1.82) is 0 Å². The number of carbonyl (C=O) groups excluding carboxylic acids is 1. The number of nitrogens with zero attached hydrogens (tertiary/aromatic N) is 2. The second kappa shape index (κ2) is 7.82. The minimum atomic E-state index is -0.155. The Morgan fingerprint density at radius 2 is 1.63 bits per heavy atom. The number of carbonyl (C=O) groups is 1. The Morgan fingerprint density at radius 3 is 2.31 bits per heavy atom. The monoisotopic (exact) mass is 480 g/mol. The topological polar surface area (TPSA) is 106 Å². The predicted molar refractivity (Wildman–Crippen MR) is 142 cm³/mol.